The molecule has 20 heteroatoms. The van der Waals surface area contributed by atoms with E-state index in [4.69, 9.17) is 42.5 Å². The number of nitrogens with two attached hydrogens (primary N) is 1. The van der Waals surface area contributed by atoms with Crippen molar-refractivity contribution in [1.29, 1.82) is 0 Å². The summed E-state index contributed by atoms with van der Waals surface area (Å²) in [5.41, 5.74) is -5.95. The molecule has 1 saturated heterocycles. The van der Waals surface area contributed by atoms with Crippen LogP contribution >= 0.6 is 18.8 Å². The van der Waals surface area contributed by atoms with E-state index in [9.17, 15) is 39.3 Å². The number of benzene rings is 3. The van der Waals surface area contributed by atoms with Gasteiger partial charge < -0.3 is 50.5 Å². The number of aliphatic hydroxyl groups is 3. The number of carbonyl (C=O) groups is 6. The van der Waals surface area contributed by atoms with Crippen LogP contribution in [0.3, 0.4) is 0 Å². The minimum Gasteiger partial charge on any atom is -0.693 e. The molecule has 4 aromatic rings. The van der Waals surface area contributed by atoms with Gasteiger partial charge in [-0.3, -0.25) is 24.2 Å². The van der Waals surface area contributed by atoms with E-state index in [1.807, 2.05) is 25.1 Å². The summed E-state index contributed by atoms with van der Waals surface area (Å²) >= 11 is -0.472. The number of nitrogens with zero attached hydrogens (tertiary/aromatic N) is 1. The van der Waals surface area contributed by atoms with Gasteiger partial charge in [0.05, 0.1) is 35.6 Å². The number of esters is 4. The van der Waals surface area contributed by atoms with Gasteiger partial charge in [-0.05, 0) is 73.9 Å². The van der Waals surface area contributed by atoms with Crippen LogP contribution in [0.25, 0.3) is 6.15 Å². The summed E-state index contributed by atoms with van der Waals surface area (Å²) in [6.07, 6.45) is -8.72. The van der Waals surface area contributed by atoms with E-state index in [0.29, 0.717) is 5.56 Å². The fraction of sp³-hybridized carbons (Fsp3) is 0.415. The Kier molecular flexibility index (Phi) is 19.5. The number of pyridine rings is 1. The first kappa shape index (κ1) is 58.5. The van der Waals surface area contributed by atoms with Gasteiger partial charge in [-0.2, -0.15) is 0 Å². The van der Waals surface area contributed by atoms with Crippen molar-refractivity contribution in [1.82, 2.24) is 10.3 Å². The number of halogens is 2. The molecule has 1 aliphatic heterocycles. The number of aliphatic hydroxyl groups excluding tert-OH is 2. The van der Waals surface area contributed by atoms with Crippen LogP contribution in [0.15, 0.2) is 127 Å². The molecule has 3 fully saturated rings. The van der Waals surface area contributed by atoms with Gasteiger partial charge in [-0.25, -0.2) is 9.59 Å². The maximum absolute atomic E-state index is 15.5. The van der Waals surface area contributed by atoms with Crippen LogP contribution < -0.4 is 5.32 Å². The molecule has 73 heavy (non-hydrogen) atoms. The van der Waals surface area contributed by atoms with Crippen molar-refractivity contribution in [3.05, 3.63) is 155 Å². The van der Waals surface area contributed by atoms with E-state index in [1.54, 1.807) is 98.9 Å². The summed E-state index contributed by atoms with van der Waals surface area (Å²) in [6, 6.07) is 28.8. The van der Waals surface area contributed by atoms with Crippen LogP contribution in [-0.4, -0.2) is 110 Å². The molecule has 3 aromatic carbocycles. The summed E-state index contributed by atoms with van der Waals surface area (Å²) in [5, 5.41) is 40.2. The van der Waals surface area contributed by atoms with Crippen molar-refractivity contribution in [2.45, 2.75) is 115 Å². The quantitative estimate of drug-likeness (QED) is 0.0694. The predicted octanol–water partition coefficient (Wildman–Crippen LogP) is 7.22. The molecule has 4 aliphatic rings. The smallest absolute Gasteiger partial charge is 0.693 e. The molecule has 6 N–H and O–H groups in total. The Balaban J connectivity index is 0.000000811. The van der Waals surface area contributed by atoms with Gasteiger partial charge in [0, 0.05) is 49.6 Å². The number of hydrogen-bond donors (Lipinski definition) is 4. The molecular formula is C53H60Cl2N3O14Pt-. The number of rotatable bonds is 10. The minimum atomic E-state index is -2.39. The van der Waals surface area contributed by atoms with Crippen molar-refractivity contribution < 1.29 is 84.3 Å². The second kappa shape index (κ2) is 24.3. The third kappa shape index (κ3) is 11.8. The Morgan fingerprint density at radius 1 is 0.822 bits per heavy atom. The molecule has 2 heterocycles. The standard InChI is InChI=1S/C47H51NO14.C6H7N.2ClH.H2N.Pt/c1-25-31(60-43(56)36(52)35(28-16-10-7-11-17-28)48-41(54)29-18-12-8-13-19-29)23-47(57)40(61-42(55)30-20-14-9-15-21-30)38-45(6,32(51)22-33-46(38,24-58-33)62-27(3)50)39(53)37(59-26(2)49)34(25)44(47,4)5;1-6-4-2-3-5-7-6;;;;/h7-21,31-33,35-38,40,51-52,57H,22-24H2,1-6H3,(H,48,54);2-5H,1H3;2*1H;1H2;/q;;;;-1;+2/p-2/t31-,32-,33+,35-,36+,37+,38-,40-,45+,46-,47+;;;;;/m0...../s1. The summed E-state index contributed by atoms with van der Waals surface area (Å²) in [4.78, 5) is 87.4. The summed E-state index contributed by atoms with van der Waals surface area (Å²) < 4.78 is 30.3. The molecule has 0 unspecified atom stereocenters. The first-order valence-corrected chi connectivity index (χ1v) is 28.6. The molecule has 8 rings (SSSR count). The van der Waals surface area contributed by atoms with Gasteiger partial charge in [-0.1, -0.05) is 86.6 Å². The van der Waals surface area contributed by atoms with Gasteiger partial charge in [0.25, 0.3) is 5.91 Å². The molecule has 396 valence electrons. The third-order valence-electron chi connectivity index (χ3n) is 14.3. The molecule has 3 aliphatic carbocycles. The van der Waals surface area contributed by atoms with Crippen molar-refractivity contribution in [2.75, 3.05) is 6.61 Å². The summed E-state index contributed by atoms with van der Waals surface area (Å²) in [6.45, 7) is 9.95. The second-order valence-corrected chi connectivity index (χ2v) is 22.2. The van der Waals surface area contributed by atoms with Crippen molar-refractivity contribution in [2.24, 2.45) is 16.7 Å². The average Bonchev–Trinajstić information content (AvgIpc) is 3.35. The first-order valence-electron chi connectivity index (χ1n) is 23.0. The molecule has 1 amide bonds. The molecule has 17 nitrogen and oxygen atoms in total. The van der Waals surface area contributed by atoms with Crippen molar-refractivity contribution in [3.8, 4) is 0 Å². The fourth-order valence-electron chi connectivity index (χ4n) is 10.6. The topological polar surface area (TPSA) is 268 Å². The number of carbonyl (C=O) groups excluding carboxylic acids is 6. The molecule has 0 spiro atoms. The Labute approximate surface area is 440 Å². The summed E-state index contributed by atoms with van der Waals surface area (Å²) in [7, 11) is 9.75. The average molecular weight is 1230 g/mol. The molecule has 1 aromatic heterocycles. The molecule has 2 bridgehead atoms. The van der Waals surface area contributed by atoms with E-state index in [-0.39, 0.29) is 41.5 Å². The largest absolute Gasteiger partial charge is 0.693 e. The van der Waals surface area contributed by atoms with E-state index in [0.717, 1.165) is 19.5 Å². The normalized spacial score (nSPS) is 28.2. The van der Waals surface area contributed by atoms with Crippen LogP contribution in [0.5, 0.6) is 0 Å². The zero-order valence-corrected chi connectivity index (χ0v) is 44.9. The Bertz CT molecular complexity index is 2630. The van der Waals surface area contributed by atoms with Gasteiger partial charge in [0.15, 0.2) is 23.6 Å². The molecular weight excluding hydrogens is 1170 g/mol. The number of aryl methyl sites for hydroxylation is 1. The Morgan fingerprint density at radius 3 is 1.88 bits per heavy atom. The van der Waals surface area contributed by atoms with E-state index in [2.05, 4.69) is 10.3 Å². The van der Waals surface area contributed by atoms with Crippen LogP contribution in [0, 0.1) is 23.7 Å². The SMILES string of the molecule is CC(=O)O[C@H]1C(=O)[C@@]2(C)[C@H]([C@H](OC(=O)c3ccccc3)[C@]3(O)C[C@H](OC(=O)[C@H](O)[C@@H](NC(=O)c4ccccc4)c4ccccc4)C(C)=C1C3(C)C)[C@]1(OC(C)=O)CO[C@@H]1C[C@@H]2O.Cc1ccccn1.[Cl][Pt][Cl].[NH2-]. The van der Waals surface area contributed by atoms with Crippen LogP contribution in [0.4, 0.5) is 0 Å². The maximum atomic E-state index is 15.5. The third-order valence-corrected chi connectivity index (χ3v) is 14.3. The number of Topliss-reactive ketones (excluding diaryl/α,β-unsaturated/α-hetero) is 1. The second-order valence-electron chi connectivity index (χ2n) is 18.9. The molecule has 2 saturated carbocycles. The van der Waals surface area contributed by atoms with Gasteiger partial charge in [-0.15, -0.1) is 0 Å². The van der Waals surface area contributed by atoms with Crippen LogP contribution in [0.2, 0.25) is 0 Å². The number of ketones is 1. The number of amides is 1. The van der Waals surface area contributed by atoms with E-state index in [1.165, 1.54) is 26.0 Å². The number of fused-ring (bicyclic) bond motifs is 5. The predicted molar refractivity (Wildman–Crippen MR) is 264 cm³/mol. The zero-order valence-electron chi connectivity index (χ0n) is 41.1. The monoisotopic (exact) mass is 1230 g/mol. The Hall–Kier alpha value is -5.36. The number of nitrogens with one attached hydrogen (secondary N) is 1. The number of aromatic nitrogens is 1. The fourth-order valence-corrected chi connectivity index (χ4v) is 10.6. The number of ether oxygens (including phenoxy) is 5. The minimum absolute atomic E-state index is 0. The van der Waals surface area contributed by atoms with Crippen LogP contribution in [-0.2, 0) is 59.3 Å². The van der Waals surface area contributed by atoms with Gasteiger partial charge >= 0.3 is 59.2 Å². The zero-order chi connectivity index (χ0) is 52.8. The molecule has 0 radical (unpaired) electrons. The Morgan fingerprint density at radius 2 is 1.38 bits per heavy atom. The van der Waals surface area contributed by atoms with Crippen molar-refractivity contribution in [3.63, 3.8) is 0 Å². The van der Waals surface area contributed by atoms with Crippen LogP contribution in [0.1, 0.15) is 92.4 Å². The molecule has 11 atom stereocenters. The summed E-state index contributed by atoms with van der Waals surface area (Å²) in [5.74, 6) is -6.84. The van der Waals surface area contributed by atoms with Gasteiger partial charge in [0.2, 0.25) is 0 Å². The van der Waals surface area contributed by atoms with Crippen molar-refractivity contribution >= 4 is 54.4 Å². The first-order chi connectivity index (χ1) is 34.1. The van der Waals surface area contributed by atoms with Gasteiger partial charge in [0.1, 0.15) is 23.9 Å². The van der Waals surface area contributed by atoms with E-state index >= 15 is 4.79 Å². The number of hydrogen-bond acceptors (Lipinski definition) is 15. The maximum Gasteiger partial charge on any atom is -0.693 e. The van der Waals surface area contributed by atoms with E-state index < -0.39 is 129 Å².